The van der Waals surface area contributed by atoms with Crippen LogP contribution in [0.3, 0.4) is 0 Å². The Morgan fingerprint density at radius 3 is 2.11 bits per heavy atom. The molecule has 11 heteroatoms. The van der Waals surface area contributed by atoms with E-state index in [1.165, 1.54) is 0 Å². The van der Waals surface area contributed by atoms with Gasteiger partial charge in [-0.3, -0.25) is 9.59 Å². The maximum Gasteiger partial charge on any atom is 0.512 e. The van der Waals surface area contributed by atoms with Crippen LogP contribution < -0.4 is 0 Å². The predicted octanol–water partition coefficient (Wildman–Crippen LogP) is 1.82. The quantitative estimate of drug-likeness (QED) is 0.274. The lowest BCUT2D eigenvalue weighted by Gasteiger charge is -2.22. The van der Waals surface area contributed by atoms with Gasteiger partial charge in [-0.2, -0.15) is 0 Å². The van der Waals surface area contributed by atoms with Gasteiger partial charge in [-0.05, 0) is 27.2 Å². The van der Waals surface area contributed by atoms with Gasteiger partial charge in [0.05, 0.1) is 6.61 Å². The number of unbranched alkanes of at least 4 members (excludes halogenated alkanes) is 1. The number of nitrogens with zero attached hydrogens (tertiary/aromatic N) is 1. The molecule has 0 aliphatic carbocycles. The Morgan fingerprint density at radius 2 is 1.59 bits per heavy atom. The first kappa shape index (κ1) is 22.2. The molecule has 1 heterocycles. The van der Waals surface area contributed by atoms with E-state index in [4.69, 9.17) is 9.47 Å². The van der Waals surface area contributed by atoms with E-state index >= 15 is 0 Å². The number of hydroxylamine groups is 2. The number of imide groups is 1. The molecule has 1 saturated heterocycles. The molecule has 0 unspecified atom stereocenters. The SMILES string of the molecule is CCCCOC(=O)O[C@H](OC(=O)OC(C)(C)C)C(=O)ON1C(=O)CCC1=O. The Bertz CT molecular complexity index is 578. The van der Waals surface area contributed by atoms with Gasteiger partial charge in [0, 0.05) is 12.8 Å². The Morgan fingerprint density at radius 1 is 1.04 bits per heavy atom. The van der Waals surface area contributed by atoms with Crippen LogP contribution in [0.2, 0.25) is 0 Å². The molecular weight excluding hydrogens is 366 g/mol. The number of carbonyl (C=O) groups excluding carboxylic acids is 5. The monoisotopic (exact) mass is 389 g/mol. The van der Waals surface area contributed by atoms with Crippen molar-refractivity contribution in [2.75, 3.05) is 6.61 Å². The number of hydrogen-bond donors (Lipinski definition) is 0. The zero-order valence-corrected chi connectivity index (χ0v) is 15.6. The molecule has 2 amide bonds. The molecule has 1 aliphatic rings. The Hall–Kier alpha value is -2.85. The molecule has 1 fully saturated rings. The molecule has 0 radical (unpaired) electrons. The van der Waals surface area contributed by atoms with Crippen molar-refractivity contribution in [3.8, 4) is 0 Å². The second-order valence-corrected chi connectivity index (χ2v) is 6.48. The molecule has 0 N–H and O–H groups in total. The van der Waals surface area contributed by atoms with Crippen LogP contribution in [0.25, 0.3) is 0 Å². The van der Waals surface area contributed by atoms with Crippen LogP contribution in [-0.4, -0.2) is 53.7 Å². The summed E-state index contributed by atoms with van der Waals surface area (Å²) in [5, 5.41) is 0.222. The standard InChI is InChI=1S/C16H23NO10/c1-5-6-9-23-14(21)24-13(25-15(22)26-16(2,3)4)12(20)27-17-10(18)7-8-11(17)19/h13H,5-9H2,1-4H3/t13-/m1/s1. The number of amides is 2. The minimum Gasteiger partial charge on any atom is -0.434 e. The first-order valence-corrected chi connectivity index (χ1v) is 8.34. The average Bonchev–Trinajstić information content (AvgIpc) is 2.84. The van der Waals surface area contributed by atoms with Gasteiger partial charge in [0.15, 0.2) is 0 Å². The third-order valence-electron chi connectivity index (χ3n) is 2.89. The third kappa shape index (κ3) is 7.92. The lowest BCUT2D eigenvalue weighted by molar-refractivity contribution is -0.218. The van der Waals surface area contributed by atoms with Crippen LogP contribution in [0.4, 0.5) is 9.59 Å². The van der Waals surface area contributed by atoms with Gasteiger partial charge >= 0.3 is 24.6 Å². The molecule has 152 valence electrons. The molecule has 0 aromatic carbocycles. The summed E-state index contributed by atoms with van der Waals surface area (Å²) in [6.45, 7) is 6.52. The second kappa shape index (κ2) is 9.74. The normalized spacial score (nSPS) is 15.2. The first-order valence-electron chi connectivity index (χ1n) is 8.34. The zero-order valence-electron chi connectivity index (χ0n) is 15.6. The summed E-state index contributed by atoms with van der Waals surface area (Å²) in [6.07, 6.45) is -3.83. The average molecular weight is 389 g/mol. The lowest BCUT2D eigenvalue weighted by atomic mass is 10.2. The number of rotatable bonds is 7. The molecule has 0 aromatic heterocycles. The summed E-state index contributed by atoms with van der Waals surface area (Å²) in [5.41, 5.74) is -0.950. The number of carbonyl (C=O) groups is 5. The van der Waals surface area contributed by atoms with Gasteiger partial charge < -0.3 is 23.8 Å². The van der Waals surface area contributed by atoms with Gasteiger partial charge in [0.25, 0.3) is 11.8 Å². The molecule has 0 aromatic rings. The smallest absolute Gasteiger partial charge is 0.434 e. The highest BCUT2D eigenvalue weighted by atomic mass is 16.9. The van der Waals surface area contributed by atoms with Crippen LogP contribution in [0.5, 0.6) is 0 Å². The minimum absolute atomic E-state index is 0.0205. The highest BCUT2D eigenvalue weighted by Gasteiger charge is 2.38. The summed E-state index contributed by atoms with van der Waals surface area (Å²) in [5.74, 6) is -2.98. The van der Waals surface area contributed by atoms with Gasteiger partial charge in [-0.1, -0.05) is 13.3 Å². The summed E-state index contributed by atoms with van der Waals surface area (Å²) < 4.78 is 18.8. The van der Waals surface area contributed by atoms with Crippen molar-refractivity contribution in [3.05, 3.63) is 0 Å². The first-order chi connectivity index (χ1) is 12.5. The van der Waals surface area contributed by atoms with Crippen molar-refractivity contribution in [2.45, 2.75) is 65.3 Å². The molecule has 1 rings (SSSR count). The molecule has 1 atom stereocenters. The summed E-state index contributed by atoms with van der Waals surface area (Å²) in [4.78, 5) is 63.1. The molecule has 27 heavy (non-hydrogen) atoms. The van der Waals surface area contributed by atoms with Crippen molar-refractivity contribution >= 4 is 30.1 Å². The molecule has 0 spiro atoms. The van der Waals surface area contributed by atoms with Gasteiger partial charge in [0.1, 0.15) is 5.60 Å². The van der Waals surface area contributed by atoms with Crippen LogP contribution in [0, 0.1) is 0 Å². The van der Waals surface area contributed by atoms with E-state index in [1.54, 1.807) is 20.8 Å². The van der Waals surface area contributed by atoms with E-state index in [-0.39, 0.29) is 24.5 Å². The Kier molecular flexibility index (Phi) is 8.00. The summed E-state index contributed by atoms with van der Waals surface area (Å²) >= 11 is 0. The fraction of sp³-hybridized carbons (Fsp3) is 0.688. The predicted molar refractivity (Wildman–Crippen MR) is 85.6 cm³/mol. The Balaban J connectivity index is 2.77. The number of ether oxygens (including phenoxy) is 4. The van der Waals surface area contributed by atoms with E-state index in [1.807, 2.05) is 6.92 Å². The van der Waals surface area contributed by atoms with Gasteiger partial charge in [0.2, 0.25) is 0 Å². The molecule has 11 nitrogen and oxygen atoms in total. The van der Waals surface area contributed by atoms with E-state index in [0.717, 1.165) is 6.42 Å². The lowest BCUT2D eigenvalue weighted by Crippen LogP contribution is -2.41. The van der Waals surface area contributed by atoms with Gasteiger partial charge in [-0.15, -0.1) is 5.06 Å². The van der Waals surface area contributed by atoms with Gasteiger partial charge in [-0.25, -0.2) is 14.4 Å². The van der Waals surface area contributed by atoms with Crippen LogP contribution >= 0.6 is 0 Å². The van der Waals surface area contributed by atoms with Crippen LogP contribution in [-0.2, 0) is 38.2 Å². The third-order valence-corrected chi connectivity index (χ3v) is 2.89. The minimum atomic E-state index is -2.23. The Labute approximate surface area is 155 Å². The van der Waals surface area contributed by atoms with Crippen LogP contribution in [0.15, 0.2) is 0 Å². The molecule has 1 aliphatic heterocycles. The largest absolute Gasteiger partial charge is 0.512 e. The van der Waals surface area contributed by atoms with E-state index in [0.29, 0.717) is 6.42 Å². The fourth-order valence-electron chi connectivity index (χ4n) is 1.69. The van der Waals surface area contributed by atoms with Crippen molar-refractivity contribution in [3.63, 3.8) is 0 Å². The fourth-order valence-corrected chi connectivity index (χ4v) is 1.69. The van der Waals surface area contributed by atoms with Crippen molar-refractivity contribution < 1.29 is 47.8 Å². The topological polar surface area (TPSA) is 135 Å². The maximum absolute atomic E-state index is 12.1. The van der Waals surface area contributed by atoms with E-state index < -0.39 is 42.0 Å². The summed E-state index contributed by atoms with van der Waals surface area (Å²) in [6, 6.07) is 0. The molecule has 0 saturated carbocycles. The zero-order chi connectivity index (χ0) is 20.6. The number of hydrogen-bond acceptors (Lipinski definition) is 10. The molecular formula is C16H23NO10. The van der Waals surface area contributed by atoms with E-state index in [2.05, 4.69) is 14.3 Å². The second-order valence-electron chi connectivity index (χ2n) is 6.48. The van der Waals surface area contributed by atoms with Crippen molar-refractivity contribution in [1.82, 2.24) is 5.06 Å². The van der Waals surface area contributed by atoms with Crippen molar-refractivity contribution in [2.24, 2.45) is 0 Å². The highest BCUT2D eigenvalue weighted by Crippen LogP contribution is 2.15. The summed E-state index contributed by atoms with van der Waals surface area (Å²) in [7, 11) is 0. The van der Waals surface area contributed by atoms with E-state index in [9.17, 15) is 24.0 Å². The van der Waals surface area contributed by atoms with Crippen molar-refractivity contribution in [1.29, 1.82) is 0 Å². The molecule has 0 bridgehead atoms. The maximum atomic E-state index is 12.1. The highest BCUT2D eigenvalue weighted by molar-refractivity contribution is 6.01. The van der Waals surface area contributed by atoms with Crippen LogP contribution in [0.1, 0.15) is 53.4 Å².